The van der Waals surface area contributed by atoms with Gasteiger partial charge in [-0.2, -0.15) is 0 Å². The lowest BCUT2D eigenvalue weighted by molar-refractivity contribution is -0.159. The van der Waals surface area contributed by atoms with Crippen LogP contribution < -0.4 is 0 Å². The van der Waals surface area contributed by atoms with Crippen LogP contribution >= 0.6 is 0 Å². The van der Waals surface area contributed by atoms with Gasteiger partial charge in [-0.15, -0.1) is 0 Å². The lowest BCUT2D eigenvalue weighted by atomic mass is 10.1. The maximum absolute atomic E-state index is 11.5. The van der Waals surface area contributed by atoms with Crippen molar-refractivity contribution in [2.45, 2.75) is 18.9 Å². The predicted octanol–water partition coefficient (Wildman–Crippen LogP) is -0.288. The predicted molar refractivity (Wildman–Crippen MR) is 55.3 cm³/mol. The van der Waals surface area contributed by atoms with E-state index in [4.69, 9.17) is 0 Å². The molecule has 0 bridgehead atoms. The number of carbonyl (C=O) groups is 2. The van der Waals surface area contributed by atoms with Crippen LogP contribution in [0.3, 0.4) is 0 Å². The molecule has 0 aromatic carbocycles. The molecular weight excluding hydrogens is 196 g/mol. The number of nitrogens with zero attached hydrogens (tertiary/aromatic N) is 2. The fourth-order valence-electron chi connectivity index (χ4n) is 1.85. The molecule has 5 nitrogen and oxygen atoms in total. The van der Waals surface area contributed by atoms with Gasteiger partial charge in [0.05, 0.1) is 7.11 Å². The van der Waals surface area contributed by atoms with E-state index >= 15 is 0 Å². The number of hydrogen-bond donors (Lipinski definition) is 0. The minimum atomic E-state index is -0.786. The maximum atomic E-state index is 11.5. The second kappa shape index (κ2) is 5.11. The van der Waals surface area contributed by atoms with Crippen LogP contribution in [-0.2, 0) is 14.3 Å². The summed E-state index contributed by atoms with van der Waals surface area (Å²) < 4.78 is 4.41. The first-order valence-electron chi connectivity index (χ1n) is 5.10. The van der Waals surface area contributed by atoms with Crippen molar-refractivity contribution in [3.8, 4) is 0 Å². The number of ether oxygens (including phenoxy) is 1. The van der Waals surface area contributed by atoms with E-state index in [2.05, 4.69) is 9.64 Å². The van der Waals surface area contributed by atoms with Crippen LogP contribution in [0.4, 0.5) is 0 Å². The summed E-state index contributed by atoms with van der Waals surface area (Å²) in [5.41, 5.74) is 0. The largest absolute Gasteiger partial charge is 0.462 e. The van der Waals surface area contributed by atoms with Crippen LogP contribution in [-0.4, -0.2) is 62.0 Å². The second-order valence-electron chi connectivity index (χ2n) is 3.97. The SMILES string of the molecule is COC(=O)C(=O)N(C)C1CCCN(C)C1. The van der Waals surface area contributed by atoms with Gasteiger partial charge in [0.25, 0.3) is 0 Å². The number of methoxy groups -OCH3 is 1. The van der Waals surface area contributed by atoms with E-state index in [0.29, 0.717) is 0 Å². The van der Waals surface area contributed by atoms with Gasteiger partial charge in [-0.1, -0.05) is 0 Å². The van der Waals surface area contributed by atoms with Gasteiger partial charge in [-0.3, -0.25) is 4.79 Å². The smallest absolute Gasteiger partial charge is 0.396 e. The van der Waals surface area contributed by atoms with E-state index in [9.17, 15) is 9.59 Å². The Kier molecular flexibility index (Phi) is 4.08. The molecule has 15 heavy (non-hydrogen) atoms. The van der Waals surface area contributed by atoms with Gasteiger partial charge >= 0.3 is 11.9 Å². The van der Waals surface area contributed by atoms with Crippen molar-refractivity contribution in [3.63, 3.8) is 0 Å². The number of piperidine rings is 1. The molecule has 0 N–H and O–H groups in total. The number of rotatable bonds is 1. The highest BCUT2D eigenvalue weighted by molar-refractivity contribution is 6.32. The molecule has 0 spiro atoms. The molecule has 86 valence electrons. The molecule has 1 heterocycles. The zero-order chi connectivity index (χ0) is 11.4. The Bertz CT molecular complexity index is 255. The summed E-state index contributed by atoms with van der Waals surface area (Å²) in [5, 5.41) is 0. The van der Waals surface area contributed by atoms with Crippen molar-refractivity contribution >= 4 is 11.9 Å². The van der Waals surface area contributed by atoms with Gasteiger partial charge in [0.15, 0.2) is 0 Å². The first kappa shape index (κ1) is 12.0. The molecule has 1 atom stereocenters. The maximum Gasteiger partial charge on any atom is 0.396 e. The molecule has 5 heteroatoms. The molecular formula is C10H18N2O3. The van der Waals surface area contributed by atoms with Crippen LogP contribution in [0, 0.1) is 0 Å². The molecule has 1 rings (SSSR count). The first-order valence-corrected chi connectivity index (χ1v) is 5.10. The van der Waals surface area contributed by atoms with Crippen molar-refractivity contribution < 1.29 is 14.3 Å². The van der Waals surface area contributed by atoms with Crippen molar-refractivity contribution in [1.29, 1.82) is 0 Å². The summed E-state index contributed by atoms with van der Waals surface area (Å²) in [6.45, 7) is 1.87. The average Bonchev–Trinajstić information content (AvgIpc) is 2.26. The van der Waals surface area contributed by atoms with Gasteiger partial charge in [0, 0.05) is 19.6 Å². The molecule has 1 fully saturated rings. The Hall–Kier alpha value is -1.10. The summed E-state index contributed by atoms with van der Waals surface area (Å²) in [6.07, 6.45) is 2.00. The van der Waals surface area contributed by atoms with Gasteiger partial charge in [-0.05, 0) is 26.4 Å². The van der Waals surface area contributed by atoms with E-state index in [1.165, 1.54) is 12.0 Å². The summed E-state index contributed by atoms with van der Waals surface area (Å²) in [7, 11) is 4.90. The summed E-state index contributed by atoms with van der Waals surface area (Å²) in [6, 6.07) is 0.121. The van der Waals surface area contributed by atoms with Crippen LogP contribution in [0.5, 0.6) is 0 Å². The van der Waals surface area contributed by atoms with Crippen LogP contribution in [0.15, 0.2) is 0 Å². The highest BCUT2D eigenvalue weighted by Gasteiger charge is 2.28. The van der Waals surface area contributed by atoms with Crippen LogP contribution in [0.2, 0.25) is 0 Å². The fraction of sp³-hybridized carbons (Fsp3) is 0.800. The van der Waals surface area contributed by atoms with Gasteiger partial charge < -0.3 is 14.5 Å². The van der Waals surface area contributed by atoms with Gasteiger partial charge in [0.2, 0.25) is 0 Å². The molecule has 1 saturated heterocycles. The zero-order valence-electron chi connectivity index (χ0n) is 9.52. The Morgan fingerprint density at radius 3 is 2.67 bits per heavy atom. The Balaban J connectivity index is 2.55. The topological polar surface area (TPSA) is 49.9 Å². The fourth-order valence-corrected chi connectivity index (χ4v) is 1.85. The van der Waals surface area contributed by atoms with E-state index < -0.39 is 11.9 Å². The van der Waals surface area contributed by atoms with Crippen molar-refractivity contribution in [1.82, 2.24) is 9.80 Å². The zero-order valence-corrected chi connectivity index (χ0v) is 9.52. The van der Waals surface area contributed by atoms with Crippen molar-refractivity contribution in [2.24, 2.45) is 0 Å². The minimum Gasteiger partial charge on any atom is -0.462 e. The van der Waals surface area contributed by atoms with Crippen molar-refractivity contribution in [3.05, 3.63) is 0 Å². The number of hydrogen-bond acceptors (Lipinski definition) is 4. The molecule has 0 radical (unpaired) electrons. The third kappa shape index (κ3) is 2.92. The van der Waals surface area contributed by atoms with Crippen LogP contribution in [0.25, 0.3) is 0 Å². The summed E-state index contributed by atoms with van der Waals surface area (Å²) in [5.74, 6) is -1.34. The Morgan fingerprint density at radius 2 is 2.13 bits per heavy atom. The monoisotopic (exact) mass is 214 g/mol. The summed E-state index contributed by atoms with van der Waals surface area (Å²) >= 11 is 0. The molecule has 1 aliphatic rings. The molecule has 0 aromatic rings. The number of likely N-dealkylation sites (N-methyl/N-ethyl adjacent to an activating group) is 2. The molecule has 1 aliphatic heterocycles. The lowest BCUT2D eigenvalue weighted by Crippen LogP contribution is -2.49. The summed E-state index contributed by atoms with van der Waals surface area (Å²) in [4.78, 5) is 26.2. The van der Waals surface area contributed by atoms with Gasteiger partial charge in [0.1, 0.15) is 0 Å². The number of carbonyl (C=O) groups excluding carboxylic acids is 2. The molecule has 0 saturated carbocycles. The second-order valence-corrected chi connectivity index (χ2v) is 3.97. The molecule has 0 aliphatic carbocycles. The number of amides is 1. The molecule has 1 amide bonds. The standard InChI is InChI=1S/C10H18N2O3/c1-11-6-4-5-8(7-11)12(2)9(13)10(14)15-3/h8H,4-7H2,1-3H3. The normalized spacial score (nSPS) is 22.2. The molecule has 0 aromatic heterocycles. The highest BCUT2D eigenvalue weighted by atomic mass is 16.5. The quantitative estimate of drug-likeness (QED) is 0.444. The van der Waals surface area contributed by atoms with E-state index in [0.717, 1.165) is 25.9 Å². The van der Waals surface area contributed by atoms with Crippen molar-refractivity contribution in [2.75, 3.05) is 34.3 Å². The van der Waals surface area contributed by atoms with E-state index in [1.807, 2.05) is 7.05 Å². The third-order valence-electron chi connectivity index (χ3n) is 2.83. The average molecular weight is 214 g/mol. The minimum absolute atomic E-state index is 0.121. The number of likely N-dealkylation sites (tertiary alicyclic amines) is 1. The Labute approximate surface area is 90.0 Å². The third-order valence-corrected chi connectivity index (χ3v) is 2.83. The molecule has 1 unspecified atom stereocenters. The van der Waals surface area contributed by atoms with Crippen LogP contribution in [0.1, 0.15) is 12.8 Å². The first-order chi connectivity index (χ1) is 7.06. The lowest BCUT2D eigenvalue weighted by Gasteiger charge is -2.35. The Morgan fingerprint density at radius 1 is 1.47 bits per heavy atom. The highest BCUT2D eigenvalue weighted by Crippen LogP contribution is 2.13. The number of esters is 1. The van der Waals surface area contributed by atoms with E-state index in [1.54, 1.807) is 7.05 Å². The van der Waals surface area contributed by atoms with Gasteiger partial charge in [-0.25, -0.2) is 4.79 Å². The van der Waals surface area contributed by atoms with E-state index in [-0.39, 0.29) is 6.04 Å².